The molecule has 0 atom stereocenters. The van der Waals surface area contributed by atoms with Gasteiger partial charge >= 0.3 is 0 Å². The van der Waals surface area contributed by atoms with Crippen molar-refractivity contribution in [3.05, 3.63) is 72.9 Å². The van der Waals surface area contributed by atoms with Crippen molar-refractivity contribution in [3.63, 3.8) is 0 Å². The number of hydrogen-bond donors (Lipinski definition) is 0. The molecular formula is C14H16O. The van der Waals surface area contributed by atoms with Crippen molar-refractivity contribution >= 4 is 6.29 Å². The second-order valence-corrected chi connectivity index (χ2v) is 2.59. The third-order valence-electron chi connectivity index (χ3n) is 1.38. The van der Waals surface area contributed by atoms with Crippen LogP contribution >= 0.6 is 0 Å². The molecular weight excluding hydrogens is 184 g/mol. The summed E-state index contributed by atoms with van der Waals surface area (Å²) >= 11 is 0. The SMILES string of the molecule is CC=CC=CC=CC=CC=CC=CC=O. The number of aldehydes is 1. The maximum absolute atomic E-state index is 9.90. The first-order valence-corrected chi connectivity index (χ1v) is 4.81. The Balaban J connectivity index is 3.74. The van der Waals surface area contributed by atoms with Crippen LogP contribution in [0.1, 0.15) is 6.92 Å². The zero-order valence-electron chi connectivity index (χ0n) is 8.91. The molecule has 1 nitrogen and oxygen atoms in total. The topological polar surface area (TPSA) is 17.1 Å². The van der Waals surface area contributed by atoms with E-state index in [0.717, 1.165) is 6.29 Å². The summed E-state index contributed by atoms with van der Waals surface area (Å²) in [4.78, 5) is 9.90. The van der Waals surface area contributed by atoms with Crippen molar-refractivity contribution in [2.75, 3.05) is 0 Å². The Morgan fingerprint density at radius 1 is 0.533 bits per heavy atom. The van der Waals surface area contributed by atoms with Crippen LogP contribution in [0.25, 0.3) is 0 Å². The van der Waals surface area contributed by atoms with Crippen LogP contribution in [0, 0.1) is 0 Å². The minimum Gasteiger partial charge on any atom is -0.299 e. The smallest absolute Gasteiger partial charge is 0.142 e. The van der Waals surface area contributed by atoms with Crippen molar-refractivity contribution < 1.29 is 4.79 Å². The molecule has 0 amide bonds. The molecule has 0 rings (SSSR count). The van der Waals surface area contributed by atoms with Crippen LogP contribution in [0.5, 0.6) is 0 Å². The maximum Gasteiger partial charge on any atom is 0.142 e. The minimum atomic E-state index is 0.750. The Hall–Kier alpha value is -1.89. The van der Waals surface area contributed by atoms with Gasteiger partial charge in [0, 0.05) is 0 Å². The van der Waals surface area contributed by atoms with Gasteiger partial charge < -0.3 is 0 Å². The maximum atomic E-state index is 9.90. The second kappa shape index (κ2) is 12.1. The minimum absolute atomic E-state index is 0.750. The highest BCUT2D eigenvalue weighted by Crippen LogP contribution is 1.83. The predicted octanol–water partition coefficient (Wildman–Crippen LogP) is 3.54. The van der Waals surface area contributed by atoms with Gasteiger partial charge in [0.1, 0.15) is 6.29 Å². The zero-order valence-corrected chi connectivity index (χ0v) is 8.91. The summed E-state index contributed by atoms with van der Waals surface area (Å²) < 4.78 is 0. The van der Waals surface area contributed by atoms with Crippen LogP contribution in [0.15, 0.2) is 72.9 Å². The van der Waals surface area contributed by atoms with E-state index in [1.165, 1.54) is 6.08 Å². The molecule has 0 aromatic heterocycles. The predicted molar refractivity (Wildman–Crippen MR) is 66.6 cm³/mol. The summed E-state index contributed by atoms with van der Waals surface area (Å²) in [6.45, 7) is 1.98. The highest BCUT2D eigenvalue weighted by atomic mass is 16.1. The van der Waals surface area contributed by atoms with Crippen LogP contribution in [-0.4, -0.2) is 6.29 Å². The summed E-state index contributed by atoms with van der Waals surface area (Å²) in [7, 11) is 0. The third kappa shape index (κ3) is 12.1. The number of carbonyl (C=O) groups is 1. The first-order valence-electron chi connectivity index (χ1n) is 4.81. The summed E-state index contributed by atoms with van der Waals surface area (Å²) in [5.74, 6) is 0. The first-order chi connectivity index (χ1) is 7.41. The highest BCUT2D eigenvalue weighted by Gasteiger charge is 1.63. The van der Waals surface area contributed by atoms with Gasteiger partial charge in [0.25, 0.3) is 0 Å². The monoisotopic (exact) mass is 200 g/mol. The van der Waals surface area contributed by atoms with Crippen molar-refractivity contribution in [3.8, 4) is 0 Å². The average Bonchev–Trinajstić information content (AvgIpc) is 2.26. The third-order valence-corrected chi connectivity index (χ3v) is 1.38. The summed E-state index contributed by atoms with van der Waals surface area (Å²) in [6.07, 6.45) is 23.1. The van der Waals surface area contributed by atoms with Gasteiger partial charge in [-0.2, -0.15) is 0 Å². The molecule has 0 fully saturated rings. The largest absolute Gasteiger partial charge is 0.299 e. The molecule has 78 valence electrons. The average molecular weight is 200 g/mol. The molecule has 0 saturated heterocycles. The second-order valence-electron chi connectivity index (χ2n) is 2.59. The fourth-order valence-corrected chi connectivity index (χ4v) is 0.734. The van der Waals surface area contributed by atoms with E-state index >= 15 is 0 Å². The van der Waals surface area contributed by atoms with Crippen LogP contribution in [0.3, 0.4) is 0 Å². The molecule has 1 heteroatoms. The van der Waals surface area contributed by atoms with Crippen molar-refractivity contribution in [1.82, 2.24) is 0 Å². The number of allylic oxidation sites excluding steroid dienone is 12. The molecule has 0 aromatic carbocycles. The van der Waals surface area contributed by atoms with Gasteiger partial charge in [-0.1, -0.05) is 66.8 Å². The van der Waals surface area contributed by atoms with Gasteiger partial charge in [-0.15, -0.1) is 0 Å². The van der Waals surface area contributed by atoms with E-state index in [4.69, 9.17) is 0 Å². The first kappa shape index (κ1) is 13.1. The van der Waals surface area contributed by atoms with Gasteiger partial charge in [0.05, 0.1) is 0 Å². The van der Waals surface area contributed by atoms with E-state index in [1.807, 2.05) is 61.6 Å². The Morgan fingerprint density at radius 3 is 1.20 bits per heavy atom. The van der Waals surface area contributed by atoms with E-state index in [0.29, 0.717) is 0 Å². The van der Waals surface area contributed by atoms with Gasteiger partial charge in [-0.05, 0) is 13.0 Å². The standard InChI is InChI=1S/C14H16O/c1-2-3-4-5-6-7-8-9-10-11-12-13-14-15/h2-14H,1H3. The number of carbonyl (C=O) groups excluding carboxylic acids is 1. The van der Waals surface area contributed by atoms with Crippen molar-refractivity contribution in [2.24, 2.45) is 0 Å². The molecule has 0 heterocycles. The summed E-state index contributed by atoms with van der Waals surface area (Å²) in [6, 6.07) is 0. The quantitative estimate of drug-likeness (QED) is 0.364. The van der Waals surface area contributed by atoms with Crippen LogP contribution in [0.4, 0.5) is 0 Å². The van der Waals surface area contributed by atoms with Crippen molar-refractivity contribution in [2.45, 2.75) is 6.92 Å². The molecule has 0 aromatic rings. The van der Waals surface area contributed by atoms with E-state index in [2.05, 4.69) is 0 Å². The lowest BCUT2D eigenvalue weighted by Gasteiger charge is -1.73. The fraction of sp³-hybridized carbons (Fsp3) is 0.0714. The molecule has 0 aliphatic heterocycles. The molecule has 0 unspecified atom stereocenters. The lowest BCUT2D eigenvalue weighted by molar-refractivity contribution is -0.104. The molecule has 0 saturated carbocycles. The number of hydrogen-bond acceptors (Lipinski definition) is 1. The van der Waals surface area contributed by atoms with E-state index < -0.39 is 0 Å². The molecule has 0 radical (unpaired) electrons. The van der Waals surface area contributed by atoms with Crippen LogP contribution < -0.4 is 0 Å². The van der Waals surface area contributed by atoms with E-state index in [1.54, 1.807) is 12.2 Å². The normalized spacial score (nSPS) is 13.7. The fourth-order valence-electron chi connectivity index (χ4n) is 0.734. The Bertz CT molecular complexity index is 312. The van der Waals surface area contributed by atoms with Crippen LogP contribution in [0.2, 0.25) is 0 Å². The Labute approximate surface area is 91.5 Å². The van der Waals surface area contributed by atoms with Crippen molar-refractivity contribution in [1.29, 1.82) is 0 Å². The van der Waals surface area contributed by atoms with Crippen LogP contribution in [-0.2, 0) is 4.79 Å². The lowest BCUT2D eigenvalue weighted by Crippen LogP contribution is -1.56. The molecule has 0 N–H and O–H groups in total. The summed E-state index contributed by atoms with van der Waals surface area (Å²) in [5, 5.41) is 0. The lowest BCUT2D eigenvalue weighted by atomic mass is 10.3. The molecule has 0 spiro atoms. The Morgan fingerprint density at radius 2 is 0.867 bits per heavy atom. The zero-order chi connectivity index (χ0) is 11.2. The summed E-state index contributed by atoms with van der Waals surface area (Å²) in [5.41, 5.74) is 0. The van der Waals surface area contributed by atoms with Gasteiger partial charge in [-0.3, -0.25) is 4.79 Å². The molecule has 15 heavy (non-hydrogen) atoms. The van der Waals surface area contributed by atoms with E-state index in [-0.39, 0.29) is 0 Å². The van der Waals surface area contributed by atoms with Gasteiger partial charge in [0.2, 0.25) is 0 Å². The van der Waals surface area contributed by atoms with Gasteiger partial charge in [-0.25, -0.2) is 0 Å². The van der Waals surface area contributed by atoms with Gasteiger partial charge in [0.15, 0.2) is 0 Å². The van der Waals surface area contributed by atoms with E-state index in [9.17, 15) is 4.79 Å². The Kier molecular flexibility index (Phi) is 10.6. The molecule has 0 aliphatic carbocycles. The molecule has 0 aliphatic rings. The number of rotatable bonds is 6. The highest BCUT2D eigenvalue weighted by molar-refractivity contribution is 5.65. The molecule has 0 bridgehead atoms.